The highest BCUT2D eigenvalue weighted by molar-refractivity contribution is 5.78. The van der Waals surface area contributed by atoms with Crippen molar-refractivity contribution in [2.24, 2.45) is 5.41 Å². The molecular weight excluding hydrogens is 264 g/mol. The zero-order valence-electron chi connectivity index (χ0n) is 12.2. The first-order chi connectivity index (χ1) is 10.0. The van der Waals surface area contributed by atoms with E-state index in [9.17, 15) is 0 Å². The summed E-state index contributed by atoms with van der Waals surface area (Å²) >= 11 is 0. The van der Waals surface area contributed by atoms with Gasteiger partial charge in [-0.2, -0.15) is 5.10 Å². The van der Waals surface area contributed by atoms with Crippen molar-refractivity contribution in [3.63, 3.8) is 0 Å². The first kappa shape index (κ1) is 12.4. The van der Waals surface area contributed by atoms with Crippen LogP contribution in [0.3, 0.4) is 0 Å². The number of hydrogen-bond acceptors (Lipinski definition) is 4. The number of imidazole rings is 1. The van der Waals surface area contributed by atoms with E-state index in [2.05, 4.69) is 39.0 Å². The Morgan fingerprint density at radius 2 is 2.19 bits per heavy atom. The fourth-order valence-electron chi connectivity index (χ4n) is 3.07. The predicted octanol–water partition coefficient (Wildman–Crippen LogP) is 2.45. The van der Waals surface area contributed by atoms with Crippen LogP contribution in [-0.4, -0.2) is 25.1 Å². The smallest absolute Gasteiger partial charge is 0.178 e. The van der Waals surface area contributed by atoms with Gasteiger partial charge in [-0.1, -0.05) is 13.8 Å². The van der Waals surface area contributed by atoms with Gasteiger partial charge < -0.3 is 10.7 Å². The topological polar surface area (TPSA) is 96.3 Å². The van der Waals surface area contributed by atoms with Crippen molar-refractivity contribution in [1.29, 1.82) is 0 Å². The van der Waals surface area contributed by atoms with Gasteiger partial charge in [0.15, 0.2) is 11.5 Å². The molecule has 3 heterocycles. The molecule has 0 aliphatic heterocycles. The summed E-state index contributed by atoms with van der Waals surface area (Å²) in [7, 11) is 0. The molecule has 6 heteroatoms. The zero-order chi connectivity index (χ0) is 14.6. The minimum Gasteiger partial charge on any atom is -0.397 e. The van der Waals surface area contributed by atoms with Crippen LogP contribution >= 0.6 is 0 Å². The first-order valence-corrected chi connectivity index (χ1v) is 7.20. The number of H-pyrrole nitrogens is 2. The molecule has 0 fully saturated rings. The molecule has 0 amide bonds. The number of rotatable bonds is 1. The molecule has 0 unspecified atom stereocenters. The maximum atomic E-state index is 5.76. The Bertz CT molecular complexity index is 826. The molecule has 4 rings (SSSR count). The predicted molar refractivity (Wildman–Crippen MR) is 81.7 cm³/mol. The SMILES string of the molecule is CC1(C)CCc2c(-c3nc4ncc(N)cc4[nH]3)n[nH]c2C1. The molecule has 0 spiro atoms. The fraction of sp³-hybridized carbons (Fsp3) is 0.400. The molecular formula is C15H18N6. The fourth-order valence-corrected chi connectivity index (χ4v) is 3.07. The van der Waals surface area contributed by atoms with Crippen LogP contribution in [0.2, 0.25) is 0 Å². The van der Waals surface area contributed by atoms with Gasteiger partial charge in [0.1, 0.15) is 5.69 Å². The summed E-state index contributed by atoms with van der Waals surface area (Å²) < 4.78 is 0. The first-order valence-electron chi connectivity index (χ1n) is 7.20. The number of pyridine rings is 1. The highest BCUT2D eigenvalue weighted by Crippen LogP contribution is 2.37. The van der Waals surface area contributed by atoms with Gasteiger partial charge in [0, 0.05) is 11.3 Å². The van der Waals surface area contributed by atoms with Crippen LogP contribution in [0.1, 0.15) is 31.5 Å². The molecule has 4 N–H and O–H groups in total. The van der Waals surface area contributed by atoms with E-state index >= 15 is 0 Å². The van der Waals surface area contributed by atoms with E-state index in [-0.39, 0.29) is 0 Å². The average Bonchev–Trinajstić information content (AvgIpc) is 2.99. The van der Waals surface area contributed by atoms with Crippen molar-refractivity contribution in [3.05, 3.63) is 23.5 Å². The summed E-state index contributed by atoms with van der Waals surface area (Å²) in [4.78, 5) is 12.1. The lowest BCUT2D eigenvalue weighted by Gasteiger charge is -2.28. The number of nitrogens with one attached hydrogen (secondary N) is 2. The van der Waals surface area contributed by atoms with Gasteiger partial charge in [-0.05, 0) is 30.7 Å². The number of nitrogens with zero attached hydrogens (tertiary/aromatic N) is 3. The van der Waals surface area contributed by atoms with Crippen molar-refractivity contribution in [1.82, 2.24) is 25.1 Å². The van der Waals surface area contributed by atoms with Crippen molar-refractivity contribution in [3.8, 4) is 11.5 Å². The minimum absolute atomic E-state index is 0.334. The van der Waals surface area contributed by atoms with Gasteiger partial charge >= 0.3 is 0 Å². The second kappa shape index (κ2) is 4.07. The maximum absolute atomic E-state index is 5.76. The quantitative estimate of drug-likeness (QED) is 0.638. The lowest BCUT2D eigenvalue weighted by atomic mass is 9.76. The van der Waals surface area contributed by atoms with Gasteiger partial charge in [-0.15, -0.1) is 0 Å². The number of hydrogen-bond donors (Lipinski definition) is 3. The molecule has 108 valence electrons. The van der Waals surface area contributed by atoms with E-state index in [1.807, 2.05) is 6.07 Å². The zero-order valence-corrected chi connectivity index (χ0v) is 12.2. The van der Waals surface area contributed by atoms with Crippen molar-refractivity contribution in [2.75, 3.05) is 5.73 Å². The third-order valence-electron chi connectivity index (χ3n) is 4.24. The van der Waals surface area contributed by atoms with E-state index in [1.54, 1.807) is 6.20 Å². The van der Waals surface area contributed by atoms with Crippen molar-refractivity contribution < 1.29 is 0 Å². The molecule has 3 aromatic heterocycles. The maximum Gasteiger partial charge on any atom is 0.178 e. The van der Waals surface area contributed by atoms with Gasteiger partial charge in [0.2, 0.25) is 0 Å². The largest absolute Gasteiger partial charge is 0.397 e. The molecule has 1 aliphatic carbocycles. The van der Waals surface area contributed by atoms with Crippen LogP contribution in [-0.2, 0) is 12.8 Å². The summed E-state index contributed by atoms with van der Waals surface area (Å²) in [6.45, 7) is 4.59. The Kier molecular flexibility index (Phi) is 2.40. The van der Waals surface area contributed by atoms with Gasteiger partial charge in [0.25, 0.3) is 0 Å². The molecule has 0 saturated heterocycles. The monoisotopic (exact) mass is 282 g/mol. The number of nitrogen functional groups attached to an aromatic ring is 1. The Balaban J connectivity index is 1.81. The Hall–Kier alpha value is -2.37. The van der Waals surface area contributed by atoms with E-state index in [0.29, 0.717) is 16.7 Å². The second-order valence-electron chi connectivity index (χ2n) is 6.60. The molecule has 21 heavy (non-hydrogen) atoms. The number of fused-ring (bicyclic) bond motifs is 2. The van der Waals surface area contributed by atoms with Crippen LogP contribution in [0.15, 0.2) is 12.3 Å². The summed E-state index contributed by atoms with van der Waals surface area (Å²) in [5.41, 5.74) is 11.7. The van der Waals surface area contributed by atoms with E-state index in [4.69, 9.17) is 5.73 Å². The molecule has 0 bridgehead atoms. The van der Waals surface area contributed by atoms with E-state index in [0.717, 1.165) is 36.3 Å². The number of nitrogens with two attached hydrogens (primary N) is 1. The van der Waals surface area contributed by atoms with Gasteiger partial charge in [-0.3, -0.25) is 5.10 Å². The van der Waals surface area contributed by atoms with E-state index in [1.165, 1.54) is 11.3 Å². The van der Waals surface area contributed by atoms with Crippen LogP contribution in [0.4, 0.5) is 5.69 Å². The summed E-state index contributed by atoms with van der Waals surface area (Å²) in [5, 5.41) is 7.65. The Morgan fingerprint density at radius 1 is 1.33 bits per heavy atom. The van der Waals surface area contributed by atoms with Gasteiger partial charge in [0.05, 0.1) is 17.4 Å². The summed E-state index contributed by atoms with van der Waals surface area (Å²) in [6.07, 6.45) is 4.84. The third-order valence-corrected chi connectivity index (χ3v) is 4.24. The van der Waals surface area contributed by atoms with Gasteiger partial charge in [-0.25, -0.2) is 9.97 Å². The van der Waals surface area contributed by atoms with Crippen LogP contribution in [0, 0.1) is 5.41 Å². The average molecular weight is 282 g/mol. The Labute approximate surface area is 122 Å². The normalized spacial score (nSPS) is 17.0. The second-order valence-corrected chi connectivity index (χ2v) is 6.60. The highest BCUT2D eigenvalue weighted by atomic mass is 15.2. The van der Waals surface area contributed by atoms with Crippen LogP contribution in [0.25, 0.3) is 22.7 Å². The van der Waals surface area contributed by atoms with Crippen LogP contribution in [0.5, 0.6) is 0 Å². The number of aromatic nitrogens is 5. The molecule has 3 aromatic rings. The third kappa shape index (κ3) is 1.98. The molecule has 6 nitrogen and oxygen atoms in total. The number of anilines is 1. The minimum atomic E-state index is 0.334. The molecule has 0 radical (unpaired) electrons. The Morgan fingerprint density at radius 3 is 3.05 bits per heavy atom. The number of aromatic amines is 2. The summed E-state index contributed by atoms with van der Waals surface area (Å²) in [5.74, 6) is 0.764. The van der Waals surface area contributed by atoms with Crippen molar-refractivity contribution >= 4 is 16.9 Å². The molecule has 0 aromatic carbocycles. The van der Waals surface area contributed by atoms with Crippen LogP contribution < -0.4 is 5.73 Å². The summed E-state index contributed by atoms with van der Waals surface area (Å²) in [6, 6.07) is 1.85. The lowest BCUT2D eigenvalue weighted by Crippen LogP contribution is -2.21. The van der Waals surface area contributed by atoms with Crippen molar-refractivity contribution in [2.45, 2.75) is 33.1 Å². The van der Waals surface area contributed by atoms with E-state index < -0.39 is 0 Å². The molecule has 0 saturated carbocycles. The standard InChI is InChI=1S/C15H18N6/c1-15(2)4-3-9-11(6-15)20-21-12(9)14-18-10-5-8(16)7-17-13(10)19-14/h5,7H,3-4,6,16H2,1-2H3,(H,20,21)(H,17,18,19). The highest BCUT2D eigenvalue weighted by Gasteiger charge is 2.29. The molecule has 1 aliphatic rings. The molecule has 0 atom stereocenters. The lowest BCUT2D eigenvalue weighted by molar-refractivity contribution is 0.312.